The summed E-state index contributed by atoms with van der Waals surface area (Å²) in [6, 6.07) is 16.3. The SMILES string of the molecule is CCCN(CCC)C(=O)Cc1cc(OC(=O)c2ccc(NC(=N)N)cc2)ccc1C(=O)O.Cc1ccc(S(=O)(=O)O)cc1. The fourth-order valence-corrected chi connectivity index (χ4v) is 4.37. The van der Waals surface area contributed by atoms with Crippen LogP contribution in [0.15, 0.2) is 71.6 Å². The zero-order chi connectivity index (χ0) is 32.2. The van der Waals surface area contributed by atoms with E-state index in [4.69, 9.17) is 20.4 Å². The zero-order valence-electron chi connectivity index (χ0n) is 24.2. The Morgan fingerprint density at radius 2 is 1.53 bits per heavy atom. The normalized spacial score (nSPS) is 10.6. The second-order valence-corrected chi connectivity index (χ2v) is 10.9. The van der Waals surface area contributed by atoms with Gasteiger partial charge in [-0.05, 0) is 79.9 Å². The van der Waals surface area contributed by atoms with Gasteiger partial charge in [0.15, 0.2) is 5.96 Å². The molecule has 0 aliphatic rings. The third-order valence-electron chi connectivity index (χ3n) is 5.92. The highest BCUT2D eigenvalue weighted by Crippen LogP contribution is 2.21. The van der Waals surface area contributed by atoms with Crippen LogP contribution in [-0.4, -0.2) is 59.9 Å². The molecule has 0 saturated heterocycles. The molecule has 43 heavy (non-hydrogen) atoms. The van der Waals surface area contributed by atoms with Crippen LogP contribution in [0.4, 0.5) is 5.69 Å². The quantitative estimate of drug-likeness (QED) is 0.0682. The third kappa shape index (κ3) is 11.2. The molecule has 0 heterocycles. The summed E-state index contributed by atoms with van der Waals surface area (Å²) in [5.41, 5.74) is 7.31. The van der Waals surface area contributed by atoms with E-state index in [0.717, 1.165) is 18.4 Å². The molecule has 1 amide bonds. The third-order valence-corrected chi connectivity index (χ3v) is 6.79. The van der Waals surface area contributed by atoms with Crippen molar-refractivity contribution in [1.82, 2.24) is 4.90 Å². The molecule has 0 radical (unpaired) electrons. The minimum atomic E-state index is -4.02. The minimum Gasteiger partial charge on any atom is -0.478 e. The van der Waals surface area contributed by atoms with Crippen molar-refractivity contribution >= 4 is 39.6 Å². The van der Waals surface area contributed by atoms with E-state index in [2.05, 4.69) is 5.32 Å². The van der Waals surface area contributed by atoms with Gasteiger partial charge < -0.3 is 25.8 Å². The molecule has 3 rings (SSSR count). The van der Waals surface area contributed by atoms with Crippen molar-refractivity contribution in [3.63, 3.8) is 0 Å². The second-order valence-electron chi connectivity index (χ2n) is 9.48. The van der Waals surface area contributed by atoms with Gasteiger partial charge in [-0.2, -0.15) is 8.42 Å². The van der Waals surface area contributed by atoms with Crippen LogP contribution in [-0.2, 0) is 21.3 Å². The Hall–Kier alpha value is -4.75. The number of aromatic carboxylic acids is 1. The van der Waals surface area contributed by atoms with Crippen LogP contribution >= 0.6 is 0 Å². The fraction of sp³-hybridized carbons (Fsp3) is 0.267. The van der Waals surface area contributed by atoms with Gasteiger partial charge in [0.1, 0.15) is 5.75 Å². The summed E-state index contributed by atoms with van der Waals surface area (Å²) in [6.45, 7) is 6.98. The number of carboxylic acids is 1. The molecular formula is C30H36N4O8S. The lowest BCUT2D eigenvalue weighted by molar-refractivity contribution is -0.130. The Balaban J connectivity index is 0.000000490. The van der Waals surface area contributed by atoms with Crippen LogP contribution in [0.1, 0.15) is 58.5 Å². The van der Waals surface area contributed by atoms with E-state index in [1.165, 1.54) is 42.5 Å². The highest BCUT2D eigenvalue weighted by molar-refractivity contribution is 7.85. The Bertz CT molecular complexity index is 1530. The Morgan fingerprint density at radius 1 is 0.953 bits per heavy atom. The van der Waals surface area contributed by atoms with Crippen LogP contribution < -0.4 is 15.8 Å². The van der Waals surface area contributed by atoms with E-state index in [-0.39, 0.29) is 45.6 Å². The first kappa shape index (κ1) is 34.5. The maximum Gasteiger partial charge on any atom is 0.343 e. The molecule has 0 atom stereocenters. The number of carboxylic acid groups (broad SMARTS) is 1. The largest absolute Gasteiger partial charge is 0.478 e. The van der Waals surface area contributed by atoms with Crippen LogP contribution in [0.2, 0.25) is 0 Å². The lowest BCUT2D eigenvalue weighted by atomic mass is 10.0. The predicted octanol–water partition coefficient (Wildman–Crippen LogP) is 4.34. The van der Waals surface area contributed by atoms with Gasteiger partial charge in [-0.25, -0.2) is 9.59 Å². The van der Waals surface area contributed by atoms with Gasteiger partial charge in [0, 0.05) is 18.8 Å². The van der Waals surface area contributed by atoms with Crippen molar-refractivity contribution in [2.24, 2.45) is 5.73 Å². The van der Waals surface area contributed by atoms with Crippen molar-refractivity contribution in [1.29, 1.82) is 5.41 Å². The molecule has 0 aromatic heterocycles. The number of benzene rings is 3. The summed E-state index contributed by atoms with van der Waals surface area (Å²) >= 11 is 0. The van der Waals surface area contributed by atoms with Gasteiger partial charge in [-0.3, -0.25) is 14.8 Å². The molecule has 3 aromatic carbocycles. The molecule has 0 aliphatic heterocycles. The number of nitrogens with zero attached hydrogens (tertiary/aromatic N) is 1. The molecule has 0 spiro atoms. The molecular weight excluding hydrogens is 576 g/mol. The van der Waals surface area contributed by atoms with Crippen molar-refractivity contribution in [2.75, 3.05) is 18.4 Å². The summed E-state index contributed by atoms with van der Waals surface area (Å²) in [5.74, 6) is -2.05. The number of nitrogens with two attached hydrogens (primary N) is 1. The lowest BCUT2D eigenvalue weighted by Crippen LogP contribution is -2.34. The molecule has 0 aliphatic carbocycles. The second kappa shape index (κ2) is 16.0. The molecule has 0 saturated carbocycles. The first-order valence-electron chi connectivity index (χ1n) is 13.4. The molecule has 13 heteroatoms. The number of guanidine groups is 1. The average Bonchev–Trinajstić information content (AvgIpc) is 2.93. The van der Waals surface area contributed by atoms with Gasteiger partial charge in [0.05, 0.1) is 22.4 Å². The first-order valence-corrected chi connectivity index (χ1v) is 14.8. The standard InChI is InChI=1S/C23H28N4O5.C7H8O3S/c1-3-11-27(12-4-2)20(28)14-16-13-18(9-10-19(16)21(29)30)32-22(31)15-5-7-17(8-6-15)26-23(24)25;1-6-2-4-7(5-3-6)11(8,9)10/h5-10,13H,3-4,11-12,14H2,1-2H3,(H,29,30)(H4,24,25,26);2-5H,1H3,(H,8,9,10). The van der Waals surface area contributed by atoms with Crippen LogP contribution in [0.25, 0.3) is 0 Å². The van der Waals surface area contributed by atoms with E-state index < -0.39 is 22.1 Å². The van der Waals surface area contributed by atoms with Gasteiger partial charge >= 0.3 is 11.9 Å². The van der Waals surface area contributed by atoms with E-state index in [9.17, 15) is 27.9 Å². The molecule has 230 valence electrons. The number of nitrogens with one attached hydrogen (secondary N) is 2. The van der Waals surface area contributed by atoms with E-state index >= 15 is 0 Å². The molecule has 6 N–H and O–H groups in total. The summed E-state index contributed by atoms with van der Waals surface area (Å²) in [6.07, 6.45) is 1.50. The maximum atomic E-state index is 12.7. The molecule has 0 unspecified atom stereocenters. The number of carbonyl (C=O) groups excluding carboxylic acids is 2. The minimum absolute atomic E-state index is 0.00856. The average molecular weight is 613 g/mol. The molecule has 12 nitrogen and oxygen atoms in total. The zero-order valence-corrected chi connectivity index (χ0v) is 25.0. The Kier molecular flexibility index (Phi) is 12.8. The van der Waals surface area contributed by atoms with Crippen LogP contribution in [0.5, 0.6) is 5.75 Å². The van der Waals surface area contributed by atoms with Crippen molar-refractivity contribution < 1.29 is 37.2 Å². The number of amides is 1. The highest BCUT2D eigenvalue weighted by atomic mass is 32.2. The molecule has 0 fully saturated rings. The van der Waals surface area contributed by atoms with Gasteiger partial charge in [-0.1, -0.05) is 31.5 Å². The fourth-order valence-electron chi connectivity index (χ4n) is 3.89. The van der Waals surface area contributed by atoms with Crippen molar-refractivity contribution in [3.05, 3.63) is 89.0 Å². The number of esters is 1. The van der Waals surface area contributed by atoms with Crippen LogP contribution in [0.3, 0.4) is 0 Å². The number of hydrogen-bond acceptors (Lipinski definition) is 7. The van der Waals surface area contributed by atoms with E-state index in [1.54, 1.807) is 29.2 Å². The van der Waals surface area contributed by atoms with Gasteiger partial charge in [0.2, 0.25) is 5.91 Å². The number of ether oxygens (including phenoxy) is 1. The number of anilines is 1. The molecule has 3 aromatic rings. The van der Waals surface area contributed by atoms with Gasteiger partial charge in [0.25, 0.3) is 10.1 Å². The Labute approximate surface area is 250 Å². The predicted molar refractivity (Wildman–Crippen MR) is 162 cm³/mol. The van der Waals surface area contributed by atoms with E-state index in [1.807, 2.05) is 20.8 Å². The number of aryl methyl sites for hydroxylation is 1. The molecule has 0 bridgehead atoms. The summed E-state index contributed by atoms with van der Waals surface area (Å²) in [5, 5.41) is 19.3. The number of rotatable bonds is 11. The smallest absolute Gasteiger partial charge is 0.343 e. The van der Waals surface area contributed by atoms with Crippen LogP contribution in [0, 0.1) is 12.3 Å². The van der Waals surface area contributed by atoms with Crippen molar-refractivity contribution in [3.8, 4) is 5.75 Å². The first-order chi connectivity index (χ1) is 20.2. The van der Waals surface area contributed by atoms with Crippen molar-refractivity contribution in [2.45, 2.75) is 44.9 Å². The number of hydrogen-bond donors (Lipinski definition) is 5. The monoisotopic (exact) mass is 612 g/mol. The maximum absolute atomic E-state index is 12.7. The number of carbonyl (C=O) groups is 3. The Morgan fingerprint density at radius 3 is 2.02 bits per heavy atom. The summed E-state index contributed by atoms with van der Waals surface area (Å²) < 4.78 is 34.9. The highest BCUT2D eigenvalue weighted by Gasteiger charge is 2.19. The topological polar surface area (TPSA) is 200 Å². The summed E-state index contributed by atoms with van der Waals surface area (Å²) in [4.78, 5) is 38.5. The lowest BCUT2D eigenvalue weighted by Gasteiger charge is -2.22. The van der Waals surface area contributed by atoms with Gasteiger partial charge in [-0.15, -0.1) is 0 Å². The van der Waals surface area contributed by atoms with E-state index in [0.29, 0.717) is 18.8 Å². The summed E-state index contributed by atoms with van der Waals surface area (Å²) in [7, 11) is -4.02.